The van der Waals surface area contributed by atoms with Gasteiger partial charge in [-0.1, -0.05) is 5.10 Å². The molecular weight excluding hydrogens is 204 g/mol. The zero-order chi connectivity index (χ0) is 11.0. The van der Waals surface area contributed by atoms with Gasteiger partial charge in [0.2, 0.25) is 5.89 Å². The van der Waals surface area contributed by atoms with Gasteiger partial charge in [0.05, 0.1) is 6.54 Å². The molecule has 0 bridgehead atoms. The molecule has 0 radical (unpaired) electrons. The number of hydrogen-bond acceptors (Lipinski definition) is 5. The zero-order valence-corrected chi connectivity index (χ0v) is 9.65. The van der Waals surface area contributed by atoms with E-state index in [9.17, 15) is 0 Å². The molecule has 1 aliphatic carbocycles. The maximum atomic E-state index is 5.66. The van der Waals surface area contributed by atoms with Gasteiger partial charge in [0.15, 0.2) is 0 Å². The van der Waals surface area contributed by atoms with Crippen molar-refractivity contribution in [2.75, 3.05) is 11.4 Å². The van der Waals surface area contributed by atoms with Crippen molar-refractivity contribution < 1.29 is 4.42 Å². The summed E-state index contributed by atoms with van der Waals surface area (Å²) in [5.41, 5.74) is 0. The fourth-order valence-corrected chi connectivity index (χ4v) is 2.17. The summed E-state index contributed by atoms with van der Waals surface area (Å²) in [5, 5.41) is 11.6. The van der Waals surface area contributed by atoms with Crippen LogP contribution in [0.2, 0.25) is 0 Å². The van der Waals surface area contributed by atoms with E-state index in [0.717, 1.165) is 6.54 Å². The predicted octanol–water partition coefficient (Wildman–Crippen LogP) is 1.31. The number of hydrogen-bond donors (Lipinski definition) is 1. The molecule has 2 aliphatic rings. The van der Waals surface area contributed by atoms with E-state index >= 15 is 0 Å². The van der Waals surface area contributed by atoms with E-state index in [4.69, 9.17) is 4.42 Å². The number of anilines is 1. The number of aromatic nitrogens is 2. The molecule has 0 amide bonds. The van der Waals surface area contributed by atoms with Gasteiger partial charge in [-0.3, -0.25) is 0 Å². The smallest absolute Gasteiger partial charge is 0.318 e. The SMILES string of the molecule is CC1CCCN1c1nnc(CNC2CC2)o1. The highest BCUT2D eigenvalue weighted by Gasteiger charge is 2.25. The van der Waals surface area contributed by atoms with Crippen LogP contribution in [0.3, 0.4) is 0 Å². The molecule has 1 saturated carbocycles. The number of nitrogens with one attached hydrogen (secondary N) is 1. The highest BCUT2D eigenvalue weighted by atomic mass is 16.4. The standard InChI is InChI=1S/C11H18N4O/c1-8-3-2-6-15(8)11-14-13-10(16-11)7-12-9-4-5-9/h8-9,12H,2-7H2,1H3. The van der Waals surface area contributed by atoms with Crippen LogP contribution in [0.15, 0.2) is 4.42 Å². The Labute approximate surface area is 95.2 Å². The van der Waals surface area contributed by atoms with E-state index in [1.54, 1.807) is 0 Å². The minimum atomic E-state index is 0.532. The molecule has 16 heavy (non-hydrogen) atoms. The van der Waals surface area contributed by atoms with Gasteiger partial charge in [0.25, 0.3) is 0 Å². The highest BCUT2D eigenvalue weighted by Crippen LogP contribution is 2.24. The van der Waals surface area contributed by atoms with Crippen molar-refractivity contribution in [1.29, 1.82) is 0 Å². The van der Waals surface area contributed by atoms with Crippen LogP contribution >= 0.6 is 0 Å². The van der Waals surface area contributed by atoms with E-state index in [1.807, 2.05) is 0 Å². The predicted molar refractivity (Wildman–Crippen MR) is 60.2 cm³/mol. The Morgan fingerprint density at radius 1 is 1.38 bits per heavy atom. The van der Waals surface area contributed by atoms with Crippen LogP contribution in [0.4, 0.5) is 6.01 Å². The fourth-order valence-electron chi connectivity index (χ4n) is 2.17. The monoisotopic (exact) mass is 222 g/mol. The minimum Gasteiger partial charge on any atom is -0.407 e. The number of nitrogens with zero attached hydrogens (tertiary/aromatic N) is 3. The van der Waals surface area contributed by atoms with Gasteiger partial charge in [0.1, 0.15) is 0 Å². The summed E-state index contributed by atoms with van der Waals surface area (Å²) in [5.74, 6) is 0.709. The minimum absolute atomic E-state index is 0.532. The first kappa shape index (κ1) is 10.1. The summed E-state index contributed by atoms with van der Waals surface area (Å²) >= 11 is 0. The molecule has 1 unspecified atom stereocenters. The van der Waals surface area contributed by atoms with Gasteiger partial charge < -0.3 is 14.6 Å². The highest BCUT2D eigenvalue weighted by molar-refractivity contribution is 5.28. The molecule has 1 aromatic rings. The van der Waals surface area contributed by atoms with Crippen molar-refractivity contribution in [3.8, 4) is 0 Å². The molecule has 1 N–H and O–H groups in total. The van der Waals surface area contributed by atoms with Crippen LogP contribution in [0.25, 0.3) is 0 Å². The molecule has 5 heteroatoms. The van der Waals surface area contributed by atoms with Crippen molar-refractivity contribution in [2.45, 2.75) is 51.2 Å². The lowest BCUT2D eigenvalue weighted by Crippen LogP contribution is -2.26. The first-order valence-corrected chi connectivity index (χ1v) is 6.15. The quantitative estimate of drug-likeness (QED) is 0.832. The maximum absolute atomic E-state index is 5.66. The second-order valence-corrected chi connectivity index (χ2v) is 4.82. The molecule has 1 saturated heterocycles. The largest absolute Gasteiger partial charge is 0.407 e. The summed E-state index contributed by atoms with van der Waals surface area (Å²) in [6.45, 7) is 3.96. The molecular formula is C11H18N4O. The van der Waals surface area contributed by atoms with Gasteiger partial charge in [0, 0.05) is 18.6 Å². The van der Waals surface area contributed by atoms with Crippen LogP contribution < -0.4 is 10.2 Å². The van der Waals surface area contributed by atoms with Crippen LogP contribution in [0.5, 0.6) is 0 Å². The van der Waals surface area contributed by atoms with Crippen molar-refractivity contribution in [1.82, 2.24) is 15.5 Å². The topological polar surface area (TPSA) is 54.2 Å². The van der Waals surface area contributed by atoms with Crippen LogP contribution in [-0.2, 0) is 6.54 Å². The molecule has 1 aromatic heterocycles. The summed E-state index contributed by atoms with van der Waals surface area (Å²) in [7, 11) is 0. The molecule has 1 aliphatic heterocycles. The third-order valence-electron chi connectivity index (χ3n) is 3.37. The Morgan fingerprint density at radius 3 is 2.94 bits per heavy atom. The molecule has 3 rings (SSSR count). The van der Waals surface area contributed by atoms with E-state index in [1.165, 1.54) is 25.7 Å². The molecule has 0 aromatic carbocycles. The summed E-state index contributed by atoms with van der Waals surface area (Å²) < 4.78 is 5.66. The Hall–Kier alpha value is -1.10. The van der Waals surface area contributed by atoms with Crippen molar-refractivity contribution in [3.63, 3.8) is 0 Å². The normalized spacial score (nSPS) is 25.3. The lowest BCUT2D eigenvalue weighted by molar-refractivity contribution is 0.458. The summed E-state index contributed by atoms with van der Waals surface area (Å²) in [4.78, 5) is 2.20. The lowest BCUT2D eigenvalue weighted by atomic mass is 10.2. The molecule has 0 spiro atoms. The van der Waals surface area contributed by atoms with E-state index in [-0.39, 0.29) is 0 Å². The van der Waals surface area contributed by atoms with Crippen molar-refractivity contribution in [2.24, 2.45) is 0 Å². The summed E-state index contributed by atoms with van der Waals surface area (Å²) in [6.07, 6.45) is 5.01. The Balaban J connectivity index is 1.62. The maximum Gasteiger partial charge on any atom is 0.318 e. The zero-order valence-electron chi connectivity index (χ0n) is 9.65. The third kappa shape index (κ3) is 2.04. The van der Waals surface area contributed by atoms with Gasteiger partial charge in [-0.2, -0.15) is 0 Å². The fraction of sp³-hybridized carbons (Fsp3) is 0.818. The average molecular weight is 222 g/mol. The van der Waals surface area contributed by atoms with Crippen molar-refractivity contribution in [3.05, 3.63) is 5.89 Å². The van der Waals surface area contributed by atoms with Gasteiger partial charge in [-0.15, -0.1) is 5.10 Å². The second-order valence-electron chi connectivity index (χ2n) is 4.82. The average Bonchev–Trinajstić information content (AvgIpc) is 2.82. The molecule has 2 fully saturated rings. The lowest BCUT2D eigenvalue weighted by Gasteiger charge is -2.17. The van der Waals surface area contributed by atoms with Gasteiger partial charge in [-0.25, -0.2) is 0 Å². The Bertz CT molecular complexity index is 361. The van der Waals surface area contributed by atoms with E-state index in [2.05, 4.69) is 27.3 Å². The first-order valence-electron chi connectivity index (χ1n) is 6.15. The Kier molecular flexibility index (Phi) is 2.55. The van der Waals surface area contributed by atoms with Crippen LogP contribution in [0, 0.1) is 0 Å². The number of rotatable bonds is 4. The summed E-state index contributed by atoms with van der Waals surface area (Å²) in [6, 6.07) is 1.91. The molecule has 5 nitrogen and oxygen atoms in total. The van der Waals surface area contributed by atoms with Crippen molar-refractivity contribution >= 4 is 6.01 Å². The van der Waals surface area contributed by atoms with Gasteiger partial charge in [-0.05, 0) is 32.6 Å². The Morgan fingerprint density at radius 2 is 2.25 bits per heavy atom. The molecule has 2 heterocycles. The molecule has 88 valence electrons. The van der Waals surface area contributed by atoms with Gasteiger partial charge >= 0.3 is 6.01 Å². The second kappa shape index (κ2) is 4.05. The van der Waals surface area contributed by atoms with E-state index in [0.29, 0.717) is 30.5 Å². The van der Waals surface area contributed by atoms with Crippen LogP contribution in [0.1, 0.15) is 38.5 Å². The molecule has 1 atom stereocenters. The first-order chi connectivity index (χ1) is 7.83. The van der Waals surface area contributed by atoms with Crippen LogP contribution in [-0.4, -0.2) is 28.8 Å². The van der Waals surface area contributed by atoms with E-state index < -0.39 is 0 Å². The third-order valence-corrected chi connectivity index (χ3v) is 3.37.